The molecule has 1 aliphatic carbocycles. The number of aromatic nitrogens is 1. The van der Waals surface area contributed by atoms with Crippen molar-refractivity contribution in [2.24, 2.45) is 5.92 Å². The van der Waals surface area contributed by atoms with Gasteiger partial charge in [-0.25, -0.2) is 4.39 Å². The number of H-pyrrole nitrogens is 1. The second-order valence-corrected chi connectivity index (χ2v) is 6.91. The summed E-state index contributed by atoms with van der Waals surface area (Å²) in [5, 5.41) is 12.7. The van der Waals surface area contributed by atoms with Gasteiger partial charge in [0.25, 0.3) is 0 Å². The summed E-state index contributed by atoms with van der Waals surface area (Å²) < 4.78 is 13.5. The van der Waals surface area contributed by atoms with E-state index in [1.807, 2.05) is 6.92 Å². The normalized spacial score (nSPS) is 16.8. The Morgan fingerprint density at radius 2 is 2.12 bits per heavy atom. The summed E-state index contributed by atoms with van der Waals surface area (Å²) in [4.78, 5) is 26.8. The molecule has 3 rings (SSSR count). The van der Waals surface area contributed by atoms with Crippen LogP contribution in [-0.2, 0) is 16.0 Å². The highest BCUT2D eigenvalue weighted by Gasteiger charge is 2.44. The molecule has 5 nitrogen and oxygen atoms in total. The summed E-state index contributed by atoms with van der Waals surface area (Å²) >= 11 is 0. The van der Waals surface area contributed by atoms with Gasteiger partial charge in [0, 0.05) is 16.6 Å². The first kappa shape index (κ1) is 16.5. The predicted molar refractivity (Wildman–Crippen MR) is 88.2 cm³/mol. The third-order valence-corrected chi connectivity index (χ3v) is 4.84. The molecule has 1 aromatic carbocycles. The zero-order valence-electron chi connectivity index (χ0n) is 13.8. The molecule has 3 N–H and O–H groups in total. The maximum atomic E-state index is 13.5. The first-order chi connectivity index (χ1) is 11.3. The minimum Gasteiger partial charge on any atom is -0.481 e. The van der Waals surface area contributed by atoms with E-state index in [9.17, 15) is 14.0 Å². The van der Waals surface area contributed by atoms with E-state index in [1.54, 1.807) is 13.0 Å². The third-order valence-electron chi connectivity index (χ3n) is 4.84. The van der Waals surface area contributed by atoms with Crippen LogP contribution in [0.15, 0.2) is 18.2 Å². The molecule has 0 saturated heterocycles. The fourth-order valence-corrected chi connectivity index (χ4v) is 3.43. The van der Waals surface area contributed by atoms with Gasteiger partial charge < -0.3 is 15.4 Å². The topological polar surface area (TPSA) is 82.2 Å². The fraction of sp³-hybridized carbons (Fsp3) is 0.444. The predicted octanol–water partition coefficient (Wildman–Crippen LogP) is 2.92. The summed E-state index contributed by atoms with van der Waals surface area (Å²) in [6.07, 6.45) is 1.87. The lowest BCUT2D eigenvalue weighted by molar-refractivity contribution is -0.139. The molecule has 0 radical (unpaired) electrons. The molecule has 1 atom stereocenters. The smallest absolute Gasteiger partial charge is 0.305 e. The Hall–Kier alpha value is -2.37. The number of carboxylic acid groups (broad SMARTS) is 1. The first-order valence-electron chi connectivity index (χ1n) is 8.08. The van der Waals surface area contributed by atoms with Crippen molar-refractivity contribution in [2.75, 3.05) is 0 Å². The van der Waals surface area contributed by atoms with E-state index in [0.29, 0.717) is 5.39 Å². The highest BCUT2D eigenvalue weighted by Crippen LogP contribution is 2.41. The first-order valence-corrected chi connectivity index (χ1v) is 8.08. The molecule has 0 aliphatic heterocycles. The Morgan fingerprint density at radius 1 is 1.42 bits per heavy atom. The molecule has 0 spiro atoms. The van der Waals surface area contributed by atoms with Crippen LogP contribution in [0.25, 0.3) is 10.9 Å². The van der Waals surface area contributed by atoms with Crippen LogP contribution in [-0.4, -0.2) is 27.5 Å². The van der Waals surface area contributed by atoms with Gasteiger partial charge in [0.05, 0.1) is 18.4 Å². The van der Waals surface area contributed by atoms with Crippen molar-refractivity contribution in [1.29, 1.82) is 0 Å². The average Bonchev–Trinajstić information content (AvgIpc) is 3.27. The van der Waals surface area contributed by atoms with Gasteiger partial charge >= 0.3 is 5.97 Å². The van der Waals surface area contributed by atoms with Crippen molar-refractivity contribution in [3.63, 3.8) is 0 Å². The second-order valence-electron chi connectivity index (χ2n) is 6.91. The summed E-state index contributed by atoms with van der Waals surface area (Å²) in [6.45, 7) is 3.64. The van der Waals surface area contributed by atoms with E-state index in [2.05, 4.69) is 10.3 Å². The van der Waals surface area contributed by atoms with Crippen LogP contribution < -0.4 is 5.32 Å². The monoisotopic (exact) mass is 332 g/mol. The average molecular weight is 332 g/mol. The lowest BCUT2D eigenvalue weighted by Crippen LogP contribution is -2.49. The van der Waals surface area contributed by atoms with Gasteiger partial charge in [-0.2, -0.15) is 0 Å². The standard InChI is InChI=1S/C18H21FN2O3/c1-10-13(14-7-12(19)5-6-15(14)20-10)8-16(22)21-18(2,9-17(23)24)11-3-4-11/h5-7,11,20H,3-4,8-9H2,1-2H3,(H,21,22)(H,23,24). The molecular formula is C18H21FN2O3. The third kappa shape index (κ3) is 3.27. The van der Waals surface area contributed by atoms with Crippen molar-refractivity contribution < 1.29 is 19.1 Å². The molecule has 1 aromatic heterocycles. The number of hydrogen-bond acceptors (Lipinski definition) is 2. The van der Waals surface area contributed by atoms with Crippen LogP contribution in [0.5, 0.6) is 0 Å². The van der Waals surface area contributed by atoms with Gasteiger partial charge in [-0.1, -0.05) is 0 Å². The molecule has 6 heteroatoms. The van der Waals surface area contributed by atoms with Crippen molar-refractivity contribution >= 4 is 22.8 Å². The van der Waals surface area contributed by atoms with Crippen molar-refractivity contribution in [2.45, 2.75) is 45.1 Å². The Balaban J connectivity index is 1.80. The maximum absolute atomic E-state index is 13.5. The second kappa shape index (κ2) is 5.92. The Labute approximate surface area is 139 Å². The van der Waals surface area contributed by atoms with Crippen LogP contribution in [0.2, 0.25) is 0 Å². The molecule has 24 heavy (non-hydrogen) atoms. The number of aryl methyl sites for hydroxylation is 1. The number of amides is 1. The Bertz CT molecular complexity index is 810. The van der Waals surface area contributed by atoms with Crippen molar-refractivity contribution in [3.8, 4) is 0 Å². The number of hydrogen-bond donors (Lipinski definition) is 3. The molecule has 1 aliphatic rings. The number of fused-ring (bicyclic) bond motifs is 1. The molecule has 0 bridgehead atoms. The molecule has 1 heterocycles. The van der Waals surface area contributed by atoms with Gasteiger partial charge in [0.15, 0.2) is 0 Å². The van der Waals surface area contributed by atoms with E-state index >= 15 is 0 Å². The zero-order valence-corrected chi connectivity index (χ0v) is 13.8. The number of carboxylic acids is 1. The number of benzene rings is 1. The van der Waals surface area contributed by atoms with E-state index in [-0.39, 0.29) is 30.5 Å². The largest absolute Gasteiger partial charge is 0.481 e. The van der Waals surface area contributed by atoms with Crippen LogP contribution in [0.4, 0.5) is 4.39 Å². The van der Waals surface area contributed by atoms with Gasteiger partial charge in [-0.05, 0) is 56.4 Å². The van der Waals surface area contributed by atoms with E-state index in [1.165, 1.54) is 12.1 Å². The molecule has 128 valence electrons. The SMILES string of the molecule is Cc1[nH]c2ccc(F)cc2c1CC(=O)NC(C)(CC(=O)O)C1CC1. The molecular weight excluding hydrogens is 311 g/mol. The molecule has 1 saturated carbocycles. The van der Waals surface area contributed by atoms with E-state index in [0.717, 1.165) is 29.6 Å². The molecule has 1 unspecified atom stereocenters. The summed E-state index contributed by atoms with van der Waals surface area (Å²) in [6, 6.07) is 4.44. The van der Waals surface area contributed by atoms with Gasteiger partial charge in [0.1, 0.15) is 5.82 Å². The minimum atomic E-state index is -0.921. The lowest BCUT2D eigenvalue weighted by atomic mass is 9.91. The maximum Gasteiger partial charge on any atom is 0.305 e. The molecule has 2 aromatic rings. The van der Waals surface area contributed by atoms with E-state index < -0.39 is 11.5 Å². The number of nitrogens with one attached hydrogen (secondary N) is 2. The summed E-state index contributed by atoms with van der Waals surface area (Å²) in [5.41, 5.74) is 1.62. The van der Waals surface area contributed by atoms with Gasteiger partial charge in [-0.15, -0.1) is 0 Å². The summed E-state index contributed by atoms with van der Waals surface area (Å²) in [5.74, 6) is -1.30. The van der Waals surface area contributed by atoms with Crippen molar-refractivity contribution in [1.82, 2.24) is 10.3 Å². The number of carbonyl (C=O) groups excluding carboxylic acids is 1. The van der Waals surface area contributed by atoms with E-state index in [4.69, 9.17) is 5.11 Å². The number of carbonyl (C=O) groups is 2. The summed E-state index contributed by atoms with van der Waals surface area (Å²) in [7, 11) is 0. The number of aromatic amines is 1. The number of halogens is 1. The lowest BCUT2D eigenvalue weighted by Gasteiger charge is -2.29. The minimum absolute atomic E-state index is 0.0924. The van der Waals surface area contributed by atoms with Crippen LogP contribution in [0, 0.1) is 18.7 Å². The Morgan fingerprint density at radius 3 is 2.75 bits per heavy atom. The van der Waals surface area contributed by atoms with Gasteiger partial charge in [0.2, 0.25) is 5.91 Å². The van der Waals surface area contributed by atoms with Crippen molar-refractivity contribution in [3.05, 3.63) is 35.3 Å². The number of rotatable bonds is 6. The molecule has 1 fully saturated rings. The number of aliphatic carboxylic acids is 1. The highest BCUT2D eigenvalue weighted by molar-refractivity contribution is 5.90. The van der Waals surface area contributed by atoms with Crippen LogP contribution in [0.3, 0.4) is 0 Å². The fourth-order valence-electron chi connectivity index (χ4n) is 3.43. The Kier molecular flexibility index (Phi) is 4.07. The van der Waals surface area contributed by atoms with Gasteiger partial charge in [-0.3, -0.25) is 9.59 Å². The van der Waals surface area contributed by atoms with Crippen LogP contribution >= 0.6 is 0 Å². The zero-order chi connectivity index (χ0) is 17.5. The molecule has 1 amide bonds. The van der Waals surface area contributed by atoms with Crippen LogP contribution in [0.1, 0.15) is 37.4 Å². The highest BCUT2D eigenvalue weighted by atomic mass is 19.1. The quantitative estimate of drug-likeness (QED) is 0.761.